The molecule has 3 N–H and O–H groups in total. The van der Waals surface area contributed by atoms with Crippen LogP contribution in [0.3, 0.4) is 0 Å². The molecule has 5 nitrogen and oxygen atoms in total. The van der Waals surface area contributed by atoms with E-state index >= 15 is 0 Å². The molecule has 1 aliphatic heterocycles. The van der Waals surface area contributed by atoms with Gasteiger partial charge in [-0.2, -0.15) is 26.3 Å². The Kier molecular flexibility index (Phi) is 9.68. The van der Waals surface area contributed by atoms with Crippen LogP contribution in [0.2, 0.25) is 0 Å². The van der Waals surface area contributed by atoms with Crippen LogP contribution in [0.4, 0.5) is 30.7 Å². The van der Waals surface area contributed by atoms with Gasteiger partial charge in [-0.15, -0.1) is 0 Å². The number of amides is 1. The molecular weight excluding hydrogens is 466 g/mol. The molecule has 0 spiro atoms. The summed E-state index contributed by atoms with van der Waals surface area (Å²) >= 11 is 0. The fourth-order valence-corrected chi connectivity index (χ4v) is 4.27. The van der Waals surface area contributed by atoms with Crippen molar-refractivity contribution in [3.8, 4) is 0 Å². The second kappa shape index (κ2) is 11.6. The Morgan fingerprint density at radius 1 is 1.12 bits per heavy atom. The highest BCUT2D eigenvalue weighted by Crippen LogP contribution is 2.31. The van der Waals surface area contributed by atoms with Gasteiger partial charge in [0.25, 0.3) is 5.91 Å². The van der Waals surface area contributed by atoms with Gasteiger partial charge in [-0.1, -0.05) is 0 Å². The van der Waals surface area contributed by atoms with Crippen molar-refractivity contribution in [1.29, 1.82) is 0 Å². The lowest BCUT2D eigenvalue weighted by Crippen LogP contribution is -2.40. The minimum Gasteiger partial charge on any atom is -0.359 e. The number of nitrogens with zero attached hydrogens (tertiary/aromatic N) is 1. The zero-order chi connectivity index (χ0) is 23.9. The van der Waals surface area contributed by atoms with Gasteiger partial charge in [0.2, 0.25) is 0 Å². The first kappa shape index (κ1) is 26.8. The van der Waals surface area contributed by atoms with Crippen molar-refractivity contribution in [2.45, 2.75) is 31.6 Å². The van der Waals surface area contributed by atoms with Gasteiger partial charge in [0.15, 0.2) is 0 Å². The van der Waals surface area contributed by atoms with Gasteiger partial charge in [0.05, 0.1) is 20.3 Å². The number of likely N-dealkylation sites (tertiary alicyclic amines) is 1. The number of hydrogen-bond donors (Lipinski definition) is 3. The summed E-state index contributed by atoms with van der Waals surface area (Å²) in [5.74, 6) is -1.82. The largest absolute Gasteiger partial charge is 0.416 e. The van der Waals surface area contributed by atoms with Crippen molar-refractivity contribution in [3.63, 3.8) is 0 Å². The molecule has 13 heteroatoms. The summed E-state index contributed by atoms with van der Waals surface area (Å²) in [5.41, 5.74) is -1.62. The summed E-state index contributed by atoms with van der Waals surface area (Å²) in [6.45, 7) is 2.48. The van der Waals surface area contributed by atoms with E-state index in [9.17, 15) is 40.4 Å². The molecular formula is C19H25F7N3O2P. The lowest BCUT2D eigenvalue weighted by Gasteiger charge is -2.32. The Bertz CT molecular complexity index is 753. The van der Waals surface area contributed by atoms with E-state index < -0.39 is 49.9 Å². The van der Waals surface area contributed by atoms with E-state index in [-0.39, 0.29) is 18.6 Å². The van der Waals surface area contributed by atoms with Crippen LogP contribution >= 0.6 is 8.30 Å². The highest BCUT2D eigenvalue weighted by Gasteiger charge is 2.32. The molecule has 1 atom stereocenters. The monoisotopic (exact) mass is 491 g/mol. The van der Waals surface area contributed by atoms with Gasteiger partial charge < -0.3 is 15.1 Å². The second-order valence-electron chi connectivity index (χ2n) is 7.62. The molecule has 1 aromatic carbocycles. The van der Waals surface area contributed by atoms with Crippen LogP contribution in [0.25, 0.3) is 0 Å². The van der Waals surface area contributed by atoms with E-state index in [0.717, 1.165) is 6.07 Å². The predicted octanol–water partition coefficient (Wildman–Crippen LogP) is 4.13. The van der Waals surface area contributed by atoms with Crippen LogP contribution in [0.1, 0.15) is 35.2 Å². The third kappa shape index (κ3) is 9.56. The van der Waals surface area contributed by atoms with Crippen LogP contribution in [0.5, 0.6) is 0 Å². The molecule has 1 heterocycles. The Morgan fingerprint density at radius 2 is 1.78 bits per heavy atom. The zero-order valence-corrected chi connectivity index (χ0v) is 18.0. The lowest BCUT2D eigenvalue weighted by atomic mass is 9.96. The standard InChI is InChI=1S/C19H25F7N3O2P/c20-16-10-14(9-15(11-16)19(24,25)26)17(30)27-12-13-1-5-29(6-2-13)7-4-28-32(31)8-3-18(21,22)23/h9-11,13,28,31H,1-8,12H2,(H,27,30). The molecule has 0 bridgehead atoms. The number of benzene rings is 1. The van der Waals surface area contributed by atoms with Gasteiger partial charge in [0.1, 0.15) is 5.82 Å². The maximum absolute atomic E-state index is 13.4. The molecule has 0 saturated carbocycles. The van der Waals surface area contributed by atoms with Crippen molar-refractivity contribution in [3.05, 3.63) is 35.1 Å². The van der Waals surface area contributed by atoms with Gasteiger partial charge in [-0.25, -0.2) is 4.39 Å². The summed E-state index contributed by atoms with van der Waals surface area (Å²) in [6.07, 6.45) is -9.02. The van der Waals surface area contributed by atoms with Crippen molar-refractivity contribution in [1.82, 2.24) is 15.3 Å². The van der Waals surface area contributed by atoms with E-state index in [1.165, 1.54) is 0 Å². The quantitative estimate of drug-likeness (QED) is 0.359. The van der Waals surface area contributed by atoms with E-state index in [1.54, 1.807) is 0 Å². The molecule has 2 rings (SSSR count). The van der Waals surface area contributed by atoms with E-state index in [2.05, 4.69) is 15.3 Å². The summed E-state index contributed by atoms with van der Waals surface area (Å²) in [4.78, 5) is 23.8. The molecule has 0 aromatic heterocycles. The number of rotatable bonds is 9. The molecule has 182 valence electrons. The number of hydrogen-bond acceptors (Lipinski definition) is 4. The average molecular weight is 491 g/mol. The smallest absolute Gasteiger partial charge is 0.359 e. The molecule has 1 aromatic rings. The van der Waals surface area contributed by atoms with Crippen molar-refractivity contribution < 1.29 is 40.4 Å². The fourth-order valence-electron chi connectivity index (χ4n) is 3.29. The first-order valence-electron chi connectivity index (χ1n) is 9.98. The summed E-state index contributed by atoms with van der Waals surface area (Å²) in [7, 11) is -1.87. The highest BCUT2D eigenvalue weighted by atomic mass is 31.2. The zero-order valence-electron chi connectivity index (χ0n) is 17.1. The second-order valence-corrected chi connectivity index (χ2v) is 9.18. The minimum atomic E-state index is -4.76. The predicted molar refractivity (Wildman–Crippen MR) is 106 cm³/mol. The molecule has 1 aliphatic rings. The Labute approximate surface area is 182 Å². The fraction of sp³-hybridized carbons (Fsp3) is 0.632. The first-order chi connectivity index (χ1) is 14.8. The summed E-state index contributed by atoms with van der Waals surface area (Å²) < 4.78 is 88.2. The van der Waals surface area contributed by atoms with E-state index in [1.807, 2.05) is 0 Å². The Morgan fingerprint density at radius 3 is 2.38 bits per heavy atom. The van der Waals surface area contributed by atoms with Gasteiger partial charge in [0, 0.05) is 31.4 Å². The number of carbonyl (C=O) groups is 1. The normalized spacial score (nSPS) is 17.4. The molecule has 1 fully saturated rings. The third-order valence-corrected chi connectivity index (χ3v) is 6.31. The first-order valence-corrected chi connectivity index (χ1v) is 11.5. The number of halogens is 7. The van der Waals surface area contributed by atoms with Crippen LogP contribution in [0, 0.1) is 11.7 Å². The molecule has 1 unspecified atom stereocenters. The molecule has 1 saturated heterocycles. The topological polar surface area (TPSA) is 64.6 Å². The maximum atomic E-state index is 13.4. The van der Waals surface area contributed by atoms with Gasteiger partial charge in [-0.05, 0) is 50.0 Å². The number of carbonyl (C=O) groups excluding carboxylic acids is 1. The van der Waals surface area contributed by atoms with Gasteiger partial charge in [-0.3, -0.25) is 9.88 Å². The van der Waals surface area contributed by atoms with Crippen LogP contribution in [0.15, 0.2) is 18.2 Å². The van der Waals surface area contributed by atoms with Crippen LogP contribution in [-0.2, 0) is 6.18 Å². The number of nitrogens with one attached hydrogen (secondary N) is 2. The number of piperidine rings is 1. The summed E-state index contributed by atoms with van der Waals surface area (Å²) in [5, 5.41) is 5.25. The molecule has 0 aliphatic carbocycles. The van der Waals surface area contributed by atoms with E-state index in [0.29, 0.717) is 51.2 Å². The molecule has 1 amide bonds. The van der Waals surface area contributed by atoms with Crippen molar-refractivity contribution in [2.24, 2.45) is 5.92 Å². The lowest BCUT2D eigenvalue weighted by molar-refractivity contribution is -0.137. The highest BCUT2D eigenvalue weighted by molar-refractivity contribution is 7.49. The van der Waals surface area contributed by atoms with E-state index in [4.69, 9.17) is 0 Å². The maximum Gasteiger partial charge on any atom is 0.416 e. The number of alkyl halides is 6. The van der Waals surface area contributed by atoms with Crippen molar-refractivity contribution in [2.75, 3.05) is 38.9 Å². The average Bonchev–Trinajstić information content (AvgIpc) is 2.70. The van der Waals surface area contributed by atoms with Crippen LogP contribution < -0.4 is 10.4 Å². The molecule has 32 heavy (non-hydrogen) atoms. The molecule has 0 radical (unpaired) electrons. The SMILES string of the molecule is O=C(NCC1CCN(CCNP(O)CCC(F)(F)F)CC1)c1cc(F)cc(C(F)(F)F)c1. The summed E-state index contributed by atoms with van der Waals surface area (Å²) in [6, 6.07) is 1.70. The minimum absolute atomic E-state index is 0.0977. The Balaban J connectivity index is 1.68. The van der Waals surface area contributed by atoms with Crippen molar-refractivity contribution >= 4 is 14.2 Å². The van der Waals surface area contributed by atoms with Crippen LogP contribution in [-0.4, -0.2) is 60.8 Å². The Hall–Kier alpha value is -1.49. The van der Waals surface area contributed by atoms with Gasteiger partial charge >= 0.3 is 12.4 Å². The third-order valence-electron chi connectivity index (χ3n) is 5.08.